The molecule has 1 N–H and O–H groups in total. The molecule has 0 saturated carbocycles. The SMILES string of the molecule is COc1c(C/C=C/c2ccccc2)cc(C/C=C/c2ccccc2)c(O)c1OC. The summed E-state index contributed by atoms with van der Waals surface area (Å²) in [7, 11) is 3.14. The molecule has 148 valence electrons. The molecule has 29 heavy (non-hydrogen) atoms. The van der Waals surface area contributed by atoms with Gasteiger partial charge < -0.3 is 14.6 Å². The molecule has 0 radical (unpaired) electrons. The van der Waals surface area contributed by atoms with Crippen LogP contribution in [-0.2, 0) is 12.8 Å². The number of methoxy groups -OCH3 is 2. The van der Waals surface area contributed by atoms with Gasteiger partial charge in [-0.15, -0.1) is 0 Å². The molecule has 0 fully saturated rings. The molecule has 0 aromatic heterocycles. The molecule has 3 heteroatoms. The minimum absolute atomic E-state index is 0.123. The lowest BCUT2D eigenvalue weighted by atomic mass is 10.0. The van der Waals surface area contributed by atoms with E-state index in [0.717, 1.165) is 22.3 Å². The van der Waals surface area contributed by atoms with Crippen LogP contribution in [0, 0.1) is 0 Å². The Morgan fingerprint density at radius 3 is 1.66 bits per heavy atom. The van der Waals surface area contributed by atoms with Crippen LogP contribution in [0.2, 0.25) is 0 Å². The van der Waals surface area contributed by atoms with Crippen molar-refractivity contribution in [2.24, 2.45) is 0 Å². The first-order chi connectivity index (χ1) is 14.2. The minimum Gasteiger partial charge on any atom is -0.504 e. The molecule has 0 spiro atoms. The summed E-state index contributed by atoms with van der Waals surface area (Å²) >= 11 is 0. The fraction of sp³-hybridized carbons (Fsp3) is 0.154. The summed E-state index contributed by atoms with van der Waals surface area (Å²) < 4.78 is 11.0. The molecule has 0 aliphatic rings. The molecule has 3 aromatic carbocycles. The van der Waals surface area contributed by atoms with Crippen molar-refractivity contribution >= 4 is 12.2 Å². The lowest BCUT2D eigenvalue weighted by molar-refractivity contribution is 0.329. The third-order valence-electron chi connectivity index (χ3n) is 4.67. The van der Waals surface area contributed by atoms with Crippen molar-refractivity contribution < 1.29 is 14.6 Å². The molecule has 0 bridgehead atoms. The van der Waals surface area contributed by atoms with E-state index in [0.29, 0.717) is 24.3 Å². The summed E-state index contributed by atoms with van der Waals surface area (Å²) in [6.45, 7) is 0. The van der Waals surface area contributed by atoms with Gasteiger partial charge in [-0.3, -0.25) is 0 Å². The average Bonchev–Trinajstić information content (AvgIpc) is 2.76. The quantitative estimate of drug-likeness (QED) is 0.522. The number of hydrogen-bond acceptors (Lipinski definition) is 3. The standard InChI is InChI=1S/C26H26O3/c1-28-25-23(18-10-16-21-13-7-4-8-14-21)19-22(24(27)26(25)29-2)17-9-15-20-11-5-3-6-12-20/h3-16,19,27H,17-18H2,1-2H3/b15-9+,16-10+. The van der Waals surface area contributed by atoms with Gasteiger partial charge in [0.05, 0.1) is 14.2 Å². The van der Waals surface area contributed by atoms with Gasteiger partial charge in [-0.1, -0.05) is 85.0 Å². The fourth-order valence-electron chi connectivity index (χ4n) is 3.24. The van der Waals surface area contributed by atoms with E-state index in [2.05, 4.69) is 24.3 Å². The number of allylic oxidation sites excluding steroid dienone is 2. The Balaban J connectivity index is 1.85. The molecular formula is C26H26O3. The van der Waals surface area contributed by atoms with Gasteiger partial charge in [0.15, 0.2) is 11.5 Å². The highest BCUT2D eigenvalue weighted by atomic mass is 16.5. The maximum absolute atomic E-state index is 10.7. The second kappa shape index (κ2) is 10.2. The van der Waals surface area contributed by atoms with Gasteiger partial charge in [-0.25, -0.2) is 0 Å². The number of benzene rings is 3. The zero-order valence-corrected chi connectivity index (χ0v) is 16.8. The summed E-state index contributed by atoms with van der Waals surface area (Å²) in [5, 5.41) is 10.7. The molecule has 0 aliphatic heterocycles. The van der Waals surface area contributed by atoms with Gasteiger partial charge in [0.2, 0.25) is 5.75 Å². The Kier molecular flexibility index (Phi) is 7.12. The number of ether oxygens (including phenoxy) is 2. The Bertz CT molecular complexity index is 974. The Morgan fingerprint density at radius 2 is 1.17 bits per heavy atom. The molecule has 0 aliphatic carbocycles. The predicted octanol–water partition coefficient (Wildman–Crippen LogP) is 5.92. The highest BCUT2D eigenvalue weighted by molar-refractivity contribution is 5.61. The summed E-state index contributed by atoms with van der Waals surface area (Å²) in [4.78, 5) is 0. The molecule has 3 nitrogen and oxygen atoms in total. The number of phenolic OH excluding ortho intramolecular Hbond substituents is 1. The van der Waals surface area contributed by atoms with Crippen LogP contribution in [0.4, 0.5) is 0 Å². The van der Waals surface area contributed by atoms with Gasteiger partial charge in [0.1, 0.15) is 0 Å². The van der Waals surface area contributed by atoms with E-state index in [1.807, 2.05) is 66.7 Å². The third-order valence-corrected chi connectivity index (χ3v) is 4.67. The van der Waals surface area contributed by atoms with Crippen molar-refractivity contribution in [2.75, 3.05) is 14.2 Å². The van der Waals surface area contributed by atoms with E-state index in [4.69, 9.17) is 9.47 Å². The van der Waals surface area contributed by atoms with Crippen molar-refractivity contribution in [3.63, 3.8) is 0 Å². The maximum atomic E-state index is 10.7. The van der Waals surface area contributed by atoms with Crippen LogP contribution in [0.25, 0.3) is 12.2 Å². The molecule has 0 unspecified atom stereocenters. The molecule has 0 amide bonds. The van der Waals surface area contributed by atoms with Crippen LogP contribution in [-0.4, -0.2) is 19.3 Å². The van der Waals surface area contributed by atoms with Crippen molar-refractivity contribution in [1.29, 1.82) is 0 Å². The third kappa shape index (κ3) is 5.29. The minimum atomic E-state index is 0.123. The second-order valence-corrected chi connectivity index (χ2v) is 6.64. The Hall–Kier alpha value is -3.46. The van der Waals surface area contributed by atoms with Crippen molar-refractivity contribution in [1.82, 2.24) is 0 Å². The lowest BCUT2D eigenvalue weighted by Gasteiger charge is -2.16. The van der Waals surface area contributed by atoms with Crippen LogP contribution in [0.15, 0.2) is 78.9 Å². The van der Waals surface area contributed by atoms with Crippen molar-refractivity contribution in [3.05, 3.63) is 101 Å². The number of phenols is 1. The van der Waals surface area contributed by atoms with E-state index in [1.165, 1.54) is 0 Å². The monoisotopic (exact) mass is 386 g/mol. The largest absolute Gasteiger partial charge is 0.504 e. The van der Waals surface area contributed by atoms with Crippen LogP contribution in [0.1, 0.15) is 22.3 Å². The highest BCUT2D eigenvalue weighted by Gasteiger charge is 2.18. The Morgan fingerprint density at radius 1 is 0.690 bits per heavy atom. The number of aromatic hydroxyl groups is 1. The topological polar surface area (TPSA) is 38.7 Å². The second-order valence-electron chi connectivity index (χ2n) is 6.64. The van der Waals surface area contributed by atoms with E-state index >= 15 is 0 Å². The summed E-state index contributed by atoms with van der Waals surface area (Å²) in [6, 6.07) is 22.2. The summed E-state index contributed by atoms with van der Waals surface area (Å²) in [5.74, 6) is 1.07. The fourth-order valence-corrected chi connectivity index (χ4v) is 3.24. The molecule has 3 rings (SSSR count). The van der Waals surface area contributed by atoms with Crippen LogP contribution < -0.4 is 9.47 Å². The molecular weight excluding hydrogens is 360 g/mol. The molecule has 0 atom stereocenters. The molecule has 0 saturated heterocycles. The summed E-state index contributed by atoms with van der Waals surface area (Å²) in [5.41, 5.74) is 4.04. The van der Waals surface area contributed by atoms with Crippen LogP contribution in [0.5, 0.6) is 17.2 Å². The normalized spacial score (nSPS) is 11.2. The van der Waals surface area contributed by atoms with Crippen molar-refractivity contribution in [2.45, 2.75) is 12.8 Å². The summed E-state index contributed by atoms with van der Waals surface area (Å²) in [6.07, 6.45) is 9.52. The highest BCUT2D eigenvalue weighted by Crippen LogP contribution is 2.42. The van der Waals surface area contributed by atoms with Gasteiger partial charge in [0.25, 0.3) is 0 Å². The molecule has 3 aromatic rings. The van der Waals surface area contributed by atoms with E-state index in [-0.39, 0.29) is 5.75 Å². The first kappa shape index (κ1) is 20.3. The maximum Gasteiger partial charge on any atom is 0.203 e. The van der Waals surface area contributed by atoms with Gasteiger partial charge in [0, 0.05) is 11.1 Å². The van der Waals surface area contributed by atoms with Gasteiger partial charge >= 0.3 is 0 Å². The van der Waals surface area contributed by atoms with Crippen LogP contribution >= 0.6 is 0 Å². The average molecular weight is 386 g/mol. The molecule has 0 heterocycles. The smallest absolute Gasteiger partial charge is 0.203 e. The van der Waals surface area contributed by atoms with Gasteiger partial charge in [-0.05, 0) is 30.0 Å². The van der Waals surface area contributed by atoms with E-state index in [9.17, 15) is 5.11 Å². The predicted molar refractivity (Wildman–Crippen MR) is 120 cm³/mol. The Labute approximate surface area is 172 Å². The zero-order valence-electron chi connectivity index (χ0n) is 16.8. The van der Waals surface area contributed by atoms with Gasteiger partial charge in [-0.2, -0.15) is 0 Å². The number of rotatable bonds is 8. The first-order valence-corrected chi connectivity index (χ1v) is 9.61. The zero-order chi connectivity index (χ0) is 20.5. The first-order valence-electron chi connectivity index (χ1n) is 9.61. The van der Waals surface area contributed by atoms with E-state index in [1.54, 1.807) is 14.2 Å². The number of hydrogen-bond donors (Lipinski definition) is 1. The van der Waals surface area contributed by atoms with Crippen LogP contribution in [0.3, 0.4) is 0 Å². The van der Waals surface area contributed by atoms with E-state index < -0.39 is 0 Å². The lowest BCUT2D eigenvalue weighted by Crippen LogP contribution is -1.99. The van der Waals surface area contributed by atoms with Crippen molar-refractivity contribution in [3.8, 4) is 17.2 Å².